The van der Waals surface area contributed by atoms with Crippen LogP contribution < -0.4 is 5.32 Å². The fourth-order valence-corrected chi connectivity index (χ4v) is 3.60. The number of carbonyl (C=O) groups excluding carboxylic acids is 1. The summed E-state index contributed by atoms with van der Waals surface area (Å²) in [6.45, 7) is 7.74. The molecular weight excluding hydrogens is 250 g/mol. The zero-order valence-electron chi connectivity index (χ0n) is 13.6. The molecule has 4 unspecified atom stereocenters. The summed E-state index contributed by atoms with van der Waals surface area (Å²) in [5.74, 6) is 0.354. The average Bonchev–Trinajstić information content (AvgIpc) is 2.76. The van der Waals surface area contributed by atoms with Gasteiger partial charge in [-0.2, -0.15) is 0 Å². The Hall–Kier alpha value is -0.610. The van der Waals surface area contributed by atoms with Gasteiger partial charge < -0.3 is 9.80 Å². The van der Waals surface area contributed by atoms with Crippen LogP contribution in [-0.2, 0) is 4.79 Å². The molecule has 2 rings (SSSR count). The second kappa shape index (κ2) is 6.90. The van der Waals surface area contributed by atoms with Gasteiger partial charge in [0.25, 0.3) is 0 Å². The number of nitrogens with zero attached hydrogens (tertiary/aromatic N) is 2. The van der Waals surface area contributed by atoms with E-state index in [1.807, 2.05) is 0 Å². The topological polar surface area (TPSA) is 35.6 Å². The van der Waals surface area contributed by atoms with Gasteiger partial charge in [-0.05, 0) is 39.7 Å². The fourth-order valence-electron chi connectivity index (χ4n) is 3.60. The van der Waals surface area contributed by atoms with Crippen molar-refractivity contribution in [2.24, 2.45) is 0 Å². The number of nitrogens with one attached hydrogen (secondary N) is 1. The van der Waals surface area contributed by atoms with Gasteiger partial charge in [-0.25, -0.2) is 0 Å². The maximum atomic E-state index is 12.7. The van der Waals surface area contributed by atoms with E-state index in [9.17, 15) is 4.79 Å². The van der Waals surface area contributed by atoms with E-state index in [2.05, 4.69) is 42.9 Å². The summed E-state index contributed by atoms with van der Waals surface area (Å²) in [4.78, 5) is 17.3. The number of amides is 1. The molecule has 0 spiro atoms. The number of likely N-dealkylation sites (tertiary alicyclic amines) is 1. The average molecular weight is 281 g/mol. The third-order valence-corrected chi connectivity index (χ3v) is 5.09. The highest BCUT2D eigenvalue weighted by molar-refractivity contribution is 5.84. The third kappa shape index (κ3) is 3.17. The number of hydrogen-bond acceptors (Lipinski definition) is 3. The molecular formula is C16H31N3O. The van der Waals surface area contributed by atoms with Crippen LogP contribution in [0.25, 0.3) is 0 Å². The van der Waals surface area contributed by atoms with Crippen LogP contribution in [-0.4, -0.2) is 53.6 Å². The van der Waals surface area contributed by atoms with E-state index in [1.165, 1.54) is 0 Å². The molecule has 4 atom stereocenters. The monoisotopic (exact) mass is 281 g/mol. The Morgan fingerprint density at radius 1 is 1.35 bits per heavy atom. The van der Waals surface area contributed by atoms with E-state index in [4.69, 9.17) is 0 Å². The molecule has 1 amide bonds. The van der Waals surface area contributed by atoms with Crippen molar-refractivity contribution in [3.63, 3.8) is 0 Å². The lowest BCUT2D eigenvalue weighted by molar-refractivity contribution is -0.133. The van der Waals surface area contributed by atoms with Crippen molar-refractivity contribution in [3.8, 4) is 0 Å². The minimum Gasteiger partial charge on any atom is -0.323 e. The molecule has 2 aliphatic rings. The Balaban J connectivity index is 2.03. The minimum absolute atomic E-state index is 0.0647. The first-order chi connectivity index (χ1) is 9.58. The summed E-state index contributed by atoms with van der Waals surface area (Å²) in [5.41, 5.74) is 0. The van der Waals surface area contributed by atoms with Gasteiger partial charge in [-0.15, -0.1) is 0 Å². The summed E-state index contributed by atoms with van der Waals surface area (Å²) in [6.07, 6.45) is 6.78. The van der Waals surface area contributed by atoms with E-state index in [0.29, 0.717) is 18.0 Å². The first kappa shape index (κ1) is 15.8. The number of carbonyl (C=O) groups is 1. The number of rotatable bonds is 5. The van der Waals surface area contributed by atoms with Gasteiger partial charge in [-0.1, -0.05) is 26.7 Å². The van der Waals surface area contributed by atoms with Crippen molar-refractivity contribution >= 4 is 5.91 Å². The van der Waals surface area contributed by atoms with Crippen LogP contribution in [0.4, 0.5) is 0 Å². The van der Waals surface area contributed by atoms with Crippen LogP contribution in [0.15, 0.2) is 0 Å². The molecule has 20 heavy (non-hydrogen) atoms. The molecule has 4 nitrogen and oxygen atoms in total. The molecule has 0 bridgehead atoms. The van der Waals surface area contributed by atoms with Crippen LogP contribution >= 0.6 is 0 Å². The van der Waals surface area contributed by atoms with Crippen molar-refractivity contribution in [1.82, 2.24) is 15.1 Å². The second-order valence-electron chi connectivity index (χ2n) is 6.54. The van der Waals surface area contributed by atoms with E-state index >= 15 is 0 Å². The molecule has 116 valence electrons. The second-order valence-corrected chi connectivity index (χ2v) is 6.54. The lowest BCUT2D eigenvalue weighted by Crippen LogP contribution is -2.51. The molecule has 2 heterocycles. The van der Waals surface area contributed by atoms with Crippen molar-refractivity contribution in [3.05, 3.63) is 0 Å². The smallest absolute Gasteiger partial charge is 0.241 e. The largest absolute Gasteiger partial charge is 0.323 e. The molecule has 0 aliphatic carbocycles. The van der Waals surface area contributed by atoms with Gasteiger partial charge in [0.15, 0.2) is 0 Å². The normalized spacial score (nSPS) is 35.8. The van der Waals surface area contributed by atoms with Gasteiger partial charge in [0.2, 0.25) is 5.91 Å². The third-order valence-electron chi connectivity index (χ3n) is 5.09. The molecule has 0 saturated carbocycles. The van der Waals surface area contributed by atoms with Crippen molar-refractivity contribution in [1.29, 1.82) is 0 Å². The molecule has 1 N–H and O–H groups in total. The van der Waals surface area contributed by atoms with Crippen LogP contribution in [0.5, 0.6) is 0 Å². The Morgan fingerprint density at radius 3 is 2.70 bits per heavy atom. The van der Waals surface area contributed by atoms with Gasteiger partial charge in [0, 0.05) is 18.6 Å². The summed E-state index contributed by atoms with van der Waals surface area (Å²) < 4.78 is 0. The summed E-state index contributed by atoms with van der Waals surface area (Å²) in [6, 6.07) is 1.07. The van der Waals surface area contributed by atoms with Crippen molar-refractivity contribution < 1.29 is 4.79 Å². The molecule has 0 aromatic heterocycles. The highest BCUT2D eigenvalue weighted by Gasteiger charge is 2.42. The van der Waals surface area contributed by atoms with Crippen LogP contribution in [0.2, 0.25) is 0 Å². The molecule has 2 saturated heterocycles. The van der Waals surface area contributed by atoms with Gasteiger partial charge >= 0.3 is 0 Å². The standard InChI is InChI=1S/C16H31N3O/c1-5-7-8-14-16(20)19(15(6-2)17-14)13-9-10-18(4)12(3)11-13/h12-15,17H,5-11H2,1-4H3. The number of hydrogen-bond donors (Lipinski definition) is 1. The van der Waals surface area contributed by atoms with Crippen molar-refractivity contribution in [2.45, 2.75) is 83.6 Å². The Labute approximate surface area is 123 Å². The van der Waals surface area contributed by atoms with Gasteiger partial charge in [0.1, 0.15) is 0 Å². The molecule has 2 aliphatic heterocycles. The first-order valence-corrected chi connectivity index (χ1v) is 8.36. The Kier molecular flexibility index (Phi) is 5.44. The molecule has 4 heteroatoms. The zero-order chi connectivity index (χ0) is 14.7. The summed E-state index contributed by atoms with van der Waals surface area (Å²) in [5, 5.41) is 3.56. The Bertz CT molecular complexity index is 334. The summed E-state index contributed by atoms with van der Waals surface area (Å²) >= 11 is 0. The lowest BCUT2D eigenvalue weighted by atomic mass is 9.96. The predicted molar refractivity (Wildman–Crippen MR) is 82.5 cm³/mol. The van der Waals surface area contributed by atoms with Crippen molar-refractivity contribution in [2.75, 3.05) is 13.6 Å². The first-order valence-electron chi connectivity index (χ1n) is 8.36. The molecule has 2 fully saturated rings. The fraction of sp³-hybridized carbons (Fsp3) is 0.938. The highest BCUT2D eigenvalue weighted by Crippen LogP contribution is 2.27. The van der Waals surface area contributed by atoms with E-state index in [0.717, 1.165) is 45.1 Å². The minimum atomic E-state index is 0.0647. The van der Waals surface area contributed by atoms with Gasteiger partial charge in [0.05, 0.1) is 12.2 Å². The Morgan fingerprint density at radius 2 is 2.10 bits per heavy atom. The van der Waals surface area contributed by atoms with Crippen LogP contribution in [0, 0.1) is 0 Å². The maximum Gasteiger partial charge on any atom is 0.241 e. The zero-order valence-corrected chi connectivity index (χ0v) is 13.6. The van der Waals surface area contributed by atoms with Gasteiger partial charge in [-0.3, -0.25) is 10.1 Å². The molecule has 0 aromatic carbocycles. The quantitative estimate of drug-likeness (QED) is 0.839. The molecule has 0 radical (unpaired) electrons. The number of unbranched alkanes of at least 4 members (excludes halogenated alkanes) is 1. The maximum absolute atomic E-state index is 12.7. The number of piperidine rings is 1. The summed E-state index contributed by atoms with van der Waals surface area (Å²) in [7, 11) is 2.19. The lowest BCUT2D eigenvalue weighted by Gasteiger charge is -2.41. The molecule has 0 aromatic rings. The van der Waals surface area contributed by atoms with Crippen LogP contribution in [0.1, 0.15) is 59.3 Å². The highest BCUT2D eigenvalue weighted by atomic mass is 16.2. The van der Waals surface area contributed by atoms with Crippen LogP contribution in [0.3, 0.4) is 0 Å². The van der Waals surface area contributed by atoms with E-state index in [-0.39, 0.29) is 12.2 Å². The predicted octanol–water partition coefficient (Wildman–Crippen LogP) is 2.20. The van der Waals surface area contributed by atoms with E-state index < -0.39 is 0 Å². The van der Waals surface area contributed by atoms with E-state index in [1.54, 1.807) is 0 Å². The SMILES string of the molecule is CCCCC1NC(CC)N(C2CCN(C)C(C)C2)C1=O.